The third kappa shape index (κ3) is 4.54. The monoisotopic (exact) mass is 359 g/mol. The lowest BCUT2D eigenvalue weighted by Crippen LogP contribution is -2.35. The maximum absolute atomic E-state index is 12.1. The molecule has 0 fully saturated rings. The summed E-state index contributed by atoms with van der Waals surface area (Å²) in [5.41, 5.74) is 1.45. The zero-order valence-corrected chi connectivity index (χ0v) is 15.3. The molecule has 0 spiro atoms. The topological polar surface area (TPSA) is 76.8 Å². The van der Waals surface area contributed by atoms with Crippen molar-refractivity contribution < 1.29 is 18.8 Å². The number of benzene rings is 1. The zero-order chi connectivity index (χ0) is 18.4. The minimum Gasteiger partial charge on any atom is -0.486 e. The molecule has 26 heavy (non-hydrogen) atoms. The summed E-state index contributed by atoms with van der Waals surface area (Å²) in [7, 11) is 0. The van der Waals surface area contributed by atoms with Gasteiger partial charge in [-0.3, -0.25) is 4.79 Å². The highest BCUT2D eigenvalue weighted by Crippen LogP contribution is 2.34. The second-order valence-corrected chi connectivity index (χ2v) is 6.09. The predicted molar refractivity (Wildman–Crippen MR) is 97.4 cm³/mol. The molecule has 0 bridgehead atoms. The van der Waals surface area contributed by atoms with Crippen LogP contribution in [0.25, 0.3) is 11.3 Å². The minimum atomic E-state index is -0.0563. The molecule has 0 saturated heterocycles. The van der Waals surface area contributed by atoms with Crippen molar-refractivity contribution in [3.05, 3.63) is 30.0 Å². The van der Waals surface area contributed by atoms with E-state index < -0.39 is 0 Å². The van der Waals surface area contributed by atoms with E-state index >= 15 is 0 Å². The quantitative estimate of drug-likeness (QED) is 0.778. The number of carbonyl (C=O) groups is 1. The van der Waals surface area contributed by atoms with Crippen LogP contribution in [-0.2, 0) is 11.2 Å². The molecular formula is C19H25N3O4. The van der Waals surface area contributed by atoms with Crippen LogP contribution in [0.1, 0.15) is 19.5 Å². The molecule has 7 heteroatoms. The Morgan fingerprint density at radius 2 is 1.92 bits per heavy atom. The Morgan fingerprint density at radius 3 is 2.69 bits per heavy atom. The van der Waals surface area contributed by atoms with Crippen molar-refractivity contribution in [1.82, 2.24) is 15.4 Å². The first kappa shape index (κ1) is 18.3. The number of hydrogen-bond acceptors (Lipinski definition) is 6. The van der Waals surface area contributed by atoms with Gasteiger partial charge in [-0.05, 0) is 31.3 Å². The van der Waals surface area contributed by atoms with Gasteiger partial charge in [0.05, 0.1) is 12.1 Å². The van der Waals surface area contributed by atoms with Crippen LogP contribution in [0, 0.1) is 0 Å². The number of aromatic nitrogens is 1. The van der Waals surface area contributed by atoms with Crippen LogP contribution >= 0.6 is 0 Å². The first-order valence-electron chi connectivity index (χ1n) is 9.04. The standard InChI is InChI=1S/C19H25N3O4/c1-3-22(4-2)8-7-20-19(23)13-15-12-17(26-21-15)14-5-6-16-18(11-14)25-10-9-24-16/h5-6,11-12H,3-4,7-10,13H2,1-2H3,(H,20,23). The Kier molecular flexibility index (Phi) is 6.12. The largest absolute Gasteiger partial charge is 0.486 e. The Morgan fingerprint density at radius 1 is 1.15 bits per heavy atom. The molecular weight excluding hydrogens is 334 g/mol. The van der Waals surface area contributed by atoms with Gasteiger partial charge in [-0.15, -0.1) is 0 Å². The van der Waals surface area contributed by atoms with Crippen LogP contribution in [0.3, 0.4) is 0 Å². The Labute approximate surface area is 153 Å². The molecule has 0 saturated carbocycles. The number of hydrogen-bond donors (Lipinski definition) is 1. The molecule has 3 rings (SSSR count). The van der Waals surface area contributed by atoms with Crippen molar-refractivity contribution in [1.29, 1.82) is 0 Å². The van der Waals surface area contributed by atoms with Gasteiger partial charge in [0.1, 0.15) is 13.2 Å². The van der Waals surface area contributed by atoms with Gasteiger partial charge >= 0.3 is 0 Å². The van der Waals surface area contributed by atoms with Gasteiger partial charge in [0.15, 0.2) is 17.3 Å². The lowest BCUT2D eigenvalue weighted by atomic mass is 10.1. The highest BCUT2D eigenvalue weighted by molar-refractivity contribution is 5.78. The number of likely N-dealkylation sites (N-methyl/N-ethyl adjacent to an activating group) is 1. The number of ether oxygens (including phenoxy) is 2. The van der Waals surface area contributed by atoms with Crippen molar-refractivity contribution in [2.75, 3.05) is 39.4 Å². The minimum absolute atomic E-state index is 0.0563. The molecule has 7 nitrogen and oxygen atoms in total. The summed E-state index contributed by atoms with van der Waals surface area (Å²) in [6.45, 7) is 8.75. The molecule has 0 aliphatic carbocycles. The second kappa shape index (κ2) is 8.71. The zero-order valence-electron chi connectivity index (χ0n) is 15.3. The van der Waals surface area contributed by atoms with Gasteiger partial charge in [0.2, 0.25) is 5.91 Å². The summed E-state index contributed by atoms with van der Waals surface area (Å²) >= 11 is 0. The van der Waals surface area contributed by atoms with Gasteiger partial charge in [-0.2, -0.15) is 0 Å². The molecule has 0 radical (unpaired) electrons. The summed E-state index contributed by atoms with van der Waals surface area (Å²) in [5, 5.41) is 6.92. The lowest BCUT2D eigenvalue weighted by Gasteiger charge is -2.18. The molecule has 1 amide bonds. The van der Waals surface area contributed by atoms with Gasteiger partial charge < -0.3 is 24.2 Å². The maximum Gasteiger partial charge on any atom is 0.226 e. The fourth-order valence-electron chi connectivity index (χ4n) is 2.85. The maximum atomic E-state index is 12.1. The van der Waals surface area contributed by atoms with E-state index in [9.17, 15) is 4.79 Å². The summed E-state index contributed by atoms with van der Waals surface area (Å²) in [6, 6.07) is 7.40. The van der Waals surface area contributed by atoms with E-state index in [2.05, 4.69) is 29.2 Å². The first-order valence-corrected chi connectivity index (χ1v) is 9.04. The SMILES string of the molecule is CCN(CC)CCNC(=O)Cc1cc(-c2ccc3c(c2)OCCO3)on1. The number of nitrogens with zero attached hydrogens (tertiary/aromatic N) is 2. The van der Waals surface area contributed by atoms with Crippen molar-refractivity contribution in [3.8, 4) is 22.8 Å². The van der Waals surface area contributed by atoms with Gasteiger partial charge in [-0.25, -0.2) is 0 Å². The third-order valence-electron chi connectivity index (χ3n) is 4.37. The van der Waals surface area contributed by atoms with E-state index in [0.29, 0.717) is 37.0 Å². The summed E-state index contributed by atoms with van der Waals surface area (Å²) in [5.74, 6) is 1.97. The Hall–Kier alpha value is -2.54. The van der Waals surface area contributed by atoms with Crippen LogP contribution in [0.15, 0.2) is 28.8 Å². The van der Waals surface area contributed by atoms with E-state index in [0.717, 1.165) is 30.9 Å². The number of fused-ring (bicyclic) bond motifs is 1. The summed E-state index contributed by atoms with van der Waals surface area (Å²) < 4.78 is 16.5. The van der Waals surface area contributed by atoms with Crippen LogP contribution in [0.4, 0.5) is 0 Å². The third-order valence-corrected chi connectivity index (χ3v) is 4.37. The molecule has 1 aliphatic rings. The molecule has 140 valence electrons. The number of amides is 1. The van der Waals surface area contributed by atoms with Crippen molar-refractivity contribution in [2.45, 2.75) is 20.3 Å². The number of carbonyl (C=O) groups excluding carboxylic acids is 1. The normalized spacial score (nSPS) is 13.0. The average molecular weight is 359 g/mol. The van der Waals surface area contributed by atoms with E-state index in [4.69, 9.17) is 14.0 Å². The molecule has 0 atom stereocenters. The van der Waals surface area contributed by atoms with Crippen LogP contribution in [-0.4, -0.2) is 55.4 Å². The second-order valence-electron chi connectivity index (χ2n) is 6.09. The van der Waals surface area contributed by atoms with Gasteiger partial charge in [0, 0.05) is 24.7 Å². The molecule has 1 N–H and O–H groups in total. The number of nitrogens with one attached hydrogen (secondary N) is 1. The van der Waals surface area contributed by atoms with E-state index in [-0.39, 0.29) is 12.3 Å². The Balaban J connectivity index is 1.55. The average Bonchev–Trinajstić information content (AvgIpc) is 3.13. The van der Waals surface area contributed by atoms with Crippen molar-refractivity contribution >= 4 is 5.91 Å². The van der Waals surface area contributed by atoms with E-state index in [1.165, 1.54) is 0 Å². The summed E-state index contributed by atoms with van der Waals surface area (Å²) in [6.07, 6.45) is 0.201. The fraction of sp³-hybridized carbons (Fsp3) is 0.474. The van der Waals surface area contributed by atoms with Gasteiger partial charge in [0.25, 0.3) is 0 Å². The van der Waals surface area contributed by atoms with Gasteiger partial charge in [-0.1, -0.05) is 19.0 Å². The molecule has 1 aromatic heterocycles. The van der Waals surface area contributed by atoms with E-state index in [1.807, 2.05) is 18.2 Å². The van der Waals surface area contributed by atoms with Crippen molar-refractivity contribution in [2.24, 2.45) is 0 Å². The molecule has 1 aliphatic heterocycles. The van der Waals surface area contributed by atoms with E-state index in [1.54, 1.807) is 6.07 Å². The molecule has 0 unspecified atom stereocenters. The molecule has 1 aromatic carbocycles. The fourth-order valence-corrected chi connectivity index (χ4v) is 2.85. The first-order chi connectivity index (χ1) is 12.7. The highest BCUT2D eigenvalue weighted by Gasteiger charge is 2.15. The molecule has 2 heterocycles. The predicted octanol–water partition coefficient (Wildman–Crippen LogP) is 2.11. The number of rotatable bonds is 8. The molecule has 2 aromatic rings. The highest BCUT2D eigenvalue weighted by atomic mass is 16.6. The van der Waals surface area contributed by atoms with Crippen molar-refractivity contribution in [3.63, 3.8) is 0 Å². The smallest absolute Gasteiger partial charge is 0.226 e. The van der Waals surface area contributed by atoms with Crippen LogP contribution in [0.5, 0.6) is 11.5 Å². The van der Waals surface area contributed by atoms with Crippen LogP contribution in [0.2, 0.25) is 0 Å². The summed E-state index contributed by atoms with van der Waals surface area (Å²) in [4.78, 5) is 14.3. The van der Waals surface area contributed by atoms with Crippen LogP contribution < -0.4 is 14.8 Å². The Bertz CT molecular complexity index is 740. The lowest BCUT2D eigenvalue weighted by molar-refractivity contribution is -0.120.